The van der Waals surface area contributed by atoms with Crippen LogP contribution in [0.2, 0.25) is 0 Å². The molecule has 0 atom stereocenters. The minimum Gasteiger partial charge on any atom is -0.312 e. The van der Waals surface area contributed by atoms with Gasteiger partial charge in [0.2, 0.25) is 5.91 Å². The highest BCUT2D eigenvalue weighted by atomic mass is 32.2. The molecule has 6 heteroatoms. The molecule has 23 heavy (non-hydrogen) atoms. The van der Waals surface area contributed by atoms with Crippen molar-refractivity contribution in [2.45, 2.75) is 25.2 Å². The number of hydrogen-bond donors (Lipinski definition) is 1. The maximum Gasteiger partial charge on any atom is 0.261 e. The summed E-state index contributed by atoms with van der Waals surface area (Å²) in [5.41, 5.74) is 3.29. The van der Waals surface area contributed by atoms with Gasteiger partial charge in [0.25, 0.3) is 10.0 Å². The van der Waals surface area contributed by atoms with E-state index < -0.39 is 10.0 Å². The van der Waals surface area contributed by atoms with Crippen molar-refractivity contribution in [3.8, 4) is 0 Å². The number of carbonyl (C=O) groups is 1. The van der Waals surface area contributed by atoms with Crippen molar-refractivity contribution in [1.29, 1.82) is 0 Å². The smallest absolute Gasteiger partial charge is 0.261 e. The Morgan fingerprint density at radius 2 is 1.83 bits per heavy atom. The van der Waals surface area contributed by atoms with Crippen molar-refractivity contribution in [3.05, 3.63) is 53.6 Å². The van der Waals surface area contributed by atoms with Crippen molar-refractivity contribution in [2.24, 2.45) is 0 Å². The molecule has 2 aromatic rings. The van der Waals surface area contributed by atoms with Crippen LogP contribution in [0.4, 0.5) is 11.4 Å². The van der Waals surface area contributed by atoms with Gasteiger partial charge in [-0.3, -0.25) is 9.52 Å². The lowest BCUT2D eigenvalue weighted by molar-refractivity contribution is -0.116. The highest BCUT2D eigenvalue weighted by Gasteiger charge is 2.23. The summed E-state index contributed by atoms with van der Waals surface area (Å²) < 4.78 is 27.5. The molecule has 0 bridgehead atoms. The van der Waals surface area contributed by atoms with Crippen molar-refractivity contribution in [3.63, 3.8) is 0 Å². The summed E-state index contributed by atoms with van der Waals surface area (Å²) in [6.45, 7) is 4.05. The highest BCUT2D eigenvalue weighted by molar-refractivity contribution is 7.92. The van der Waals surface area contributed by atoms with Gasteiger partial charge in [-0.25, -0.2) is 8.42 Å². The minimum atomic E-state index is -3.64. The van der Waals surface area contributed by atoms with Crippen LogP contribution in [0.1, 0.15) is 18.1 Å². The van der Waals surface area contributed by atoms with E-state index in [0.29, 0.717) is 12.2 Å². The van der Waals surface area contributed by atoms with Crippen LogP contribution in [0.15, 0.2) is 47.4 Å². The Hall–Kier alpha value is -2.34. The third kappa shape index (κ3) is 3.07. The standard InChI is InChI=1S/C17H18N2O3S/c1-12-3-7-16(8-4-12)23(21,22)18-15-6-5-14-9-10-19(13(2)20)17(14)11-15/h3-8,11,18H,9-10H2,1-2H3. The average molecular weight is 330 g/mol. The molecule has 0 spiro atoms. The molecule has 1 aliphatic rings. The summed E-state index contributed by atoms with van der Waals surface area (Å²) in [6, 6.07) is 12.0. The minimum absolute atomic E-state index is 0.0395. The summed E-state index contributed by atoms with van der Waals surface area (Å²) in [5.74, 6) is -0.0395. The second kappa shape index (κ2) is 5.70. The number of nitrogens with zero attached hydrogens (tertiary/aromatic N) is 1. The summed E-state index contributed by atoms with van der Waals surface area (Å²) in [4.78, 5) is 13.5. The van der Waals surface area contributed by atoms with Crippen LogP contribution < -0.4 is 9.62 Å². The number of aryl methyl sites for hydroxylation is 1. The Balaban J connectivity index is 1.90. The molecular weight excluding hydrogens is 312 g/mol. The van der Waals surface area contributed by atoms with Gasteiger partial charge in [-0.1, -0.05) is 23.8 Å². The maximum atomic E-state index is 12.4. The van der Waals surface area contributed by atoms with Gasteiger partial charge >= 0.3 is 0 Å². The van der Waals surface area contributed by atoms with Crippen molar-refractivity contribution in [2.75, 3.05) is 16.2 Å². The zero-order chi connectivity index (χ0) is 16.6. The molecule has 0 saturated heterocycles. The molecule has 120 valence electrons. The van der Waals surface area contributed by atoms with Crippen LogP contribution in [-0.2, 0) is 21.2 Å². The Kier molecular flexibility index (Phi) is 3.85. The Morgan fingerprint density at radius 3 is 2.48 bits per heavy atom. The fraction of sp³-hybridized carbons (Fsp3) is 0.235. The number of sulfonamides is 1. The zero-order valence-electron chi connectivity index (χ0n) is 13.0. The fourth-order valence-corrected chi connectivity index (χ4v) is 3.75. The number of benzene rings is 2. The predicted molar refractivity (Wildman–Crippen MR) is 90.2 cm³/mol. The molecule has 0 radical (unpaired) electrons. The second-order valence-corrected chi connectivity index (χ2v) is 7.37. The van der Waals surface area contributed by atoms with E-state index in [4.69, 9.17) is 0 Å². The van der Waals surface area contributed by atoms with E-state index in [1.807, 2.05) is 13.0 Å². The molecule has 1 heterocycles. The average Bonchev–Trinajstić information content (AvgIpc) is 2.90. The Bertz CT molecular complexity index is 858. The van der Waals surface area contributed by atoms with Crippen molar-refractivity contribution in [1.82, 2.24) is 0 Å². The van der Waals surface area contributed by atoms with Crippen LogP contribution in [0, 0.1) is 6.92 Å². The molecule has 2 aromatic carbocycles. The van der Waals surface area contributed by atoms with Crippen LogP contribution in [0.25, 0.3) is 0 Å². The molecule has 0 fully saturated rings. The first-order valence-electron chi connectivity index (χ1n) is 7.37. The largest absolute Gasteiger partial charge is 0.312 e. The van der Waals surface area contributed by atoms with Gasteiger partial charge in [0, 0.05) is 19.2 Å². The molecule has 0 saturated carbocycles. The summed E-state index contributed by atoms with van der Waals surface area (Å²) in [5, 5.41) is 0. The molecular formula is C17H18N2O3S. The lowest BCUT2D eigenvalue weighted by atomic mass is 10.1. The highest BCUT2D eigenvalue weighted by Crippen LogP contribution is 2.31. The van der Waals surface area contributed by atoms with Gasteiger partial charge in [-0.05, 0) is 43.2 Å². The number of amides is 1. The second-order valence-electron chi connectivity index (χ2n) is 5.68. The number of rotatable bonds is 3. The molecule has 0 aliphatic carbocycles. The Morgan fingerprint density at radius 1 is 1.13 bits per heavy atom. The number of anilines is 2. The SMILES string of the molecule is CC(=O)N1CCc2ccc(NS(=O)(=O)c3ccc(C)cc3)cc21. The molecule has 1 aliphatic heterocycles. The van der Waals surface area contributed by atoms with Crippen LogP contribution >= 0.6 is 0 Å². The van der Waals surface area contributed by atoms with E-state index in [-0.39, 0.29) is 10.8 Å². The molecule has 1 N–H and O–H groups in total. The van der Waals surface area contributed by atoms with Gasteiger partial charge in [-0.2, -0.15) is 0 Å². The van der Waals surface area contributed by atoms with E-state index in [1.54, 1.807) is 41.3 Å². The number of nitrogens with one attached hydrogen (secondary N) is 1. The molecule has 0 unspecified atom stereocenters. The van der Waals surface area contributed by atoms with E-state index in [2.05, 4.69) is 4.72 Å². The lowest BCUT2D eigenvalue weighted by Crippen LogP contribution is -2.25. The Labute approximate surface area is 136 Å². The van der Waals surface area contributed by atoms with Gasteiger partial charge in [0.1, 0.15) is 0 Å². The number of carbonyl (C=O) groups excluding carboxylic acids is 1. The fourth-order valence-electron chi connectivity index (χ4n) is 2.70. The van der Waals surface area contributed by atoms with E-state index in [1.165, 1.54) is 6.92 Å². The normalized spacial score (nSPS) is 13.7. The number of hydrogen-bond acceptors (Lipinski definition) is 3. The summed E-state index contributed by atoms with van der Waals surface area (Å²) in [6.07, 6.45) is 0.792. The third-order valence-electron chi connectivity index (χ3n) is 3.94. The van der Waals surface area contributed by atoms with Crippen molar-refractivity contribution >= 4 is 27.3 Å². The summed E-state index contributed by atoms with van der Waals surface area (Å²) in [7, 11) is -3.64. The quantitative estimate of drug-likeness (QED) is 0.941. The van der Waals surface area contributed by atoms with E-state index in [9.17, 15) is 13.2 Å². The van der Waals surface area contributed by atoms with E-state index >= 15 is 0 Å². The topological polar surface area (TPSA) is 66.5 Å². The van der Waals surface area contributed by atoms with Gasteiger partial charge in [0.05, 0.1) is 10.6 Å². The molecule has 3 rings (SSSR count). The maximum absolute atomic E-state index is 12.4. The number of fused-ring (bicyclic) bond motifs is 1. The van der Waals surface area contributed by atoms with Crippen LogP contribution in [-0.4, -0.2) is 20.9 Å². The van der Waals surface area contributed by atoms with Crippen LogP contribution in [0.3, 0.4) is 0 Å². The molecule has 5 nitrogen and oxygen atoms in total. The summed E-state index contributed by atoms with van der Waals surface area (Å²) >= 11 is 0. The lowest BCUT2D eigenvalue weighted by Gasteiger charge is -2.16. The van der Waals surface area contributed by atoms with Gasteiger partial charge < -0.3 is 4.90 Å². The monoisotopic (exact) mass is 330 g/mol. The first-order chi connectivity index (χ1) is 10.9. The van der Waals surface area contributed by atoms with Crippen LogP contribution in [0.5, 0.6) is 0 Å². The van der Waals surface area contributed by atoms with Gasteiger partial charge in [-0.15, -0.1) is 0 Å². The predicted octanol–water partition coefficient (Wildman–Crippen LogP) is 2.70. The van der Waals surface area contributed by atoms with Gasteiger partial charge in [0.15, 0.2) is 0 Å². The third-order valence-corrected chi connectivity index (χ3v) is 5.34. The zero-order valence-corrected chi connectivity index (χ0v) is 13.9. The molecule has 0 aromatic heterocycles. The van der Waals surface area contributed by atoms with Crippen molar-refractivity contribution < 1.29 is 13.2 Å². The first kappa shape index (κ1) is 15.6. The molecule has 1 amide bonds. The first-order valence-corrected chi connectivity index (χ1v) is 8.86. The van der Waals surface area contributed by atoms with E-state index in [0.717, 1.165) is 23.2 Å².